The number of rotatable bonds is 3. The van der Waals surface area contributed by atoms with Crippen LogP contribution in [0.3, 0.4) is 0 Å². The molecule has 0 bridgehead atoms. The summed E-state index contributed by atoms with van der Waals surface area (Å²) in [6.45, 7) is 3.19. The third kappa shape index (κ3) is 3.61. The molecule has 1 aromatic rings. The molecule has 1 aliphatic rings. The Balaban J connectivity index is 2.02. The van der Waals surface area contributed by atoms with E-state index in [4.69, 9.17) is 9.47 Å². The molecule has 2 N–H and O–H groups in total. The van der Waals surface area contributed by atoms with Crippen molar-refractivity contribution in [1.82, 2.24) is 5.32 Å². The zero-order chi connectivity index (χ0) is 13.9. The van der Waals surface area contributed by atoms with Gasteiger partial charge in [0, 0.05) is 17.1 Å². The highest BCUT2D eigenvalue weighted by Crippen LogP contribution is 2.27. The molecule has 6 heteroatoms. The molecule has 0 aromatic heterocycles. The fraction of sp³-hybridized carbons (Fsp3) is 0.462. The Labute approximate surface area is 120 Å². The van der Waals surface area contributed by atoms with Gasteiger partial charge in [0.15, 0.2) is 0 Å². The quantitative estimate of drug-likeness (QED) is 0.896. The summed E-state index contributed by atoms with van der Waals surface area (Å²) in [6.07, 6.45) is 0.819. The molecule has 0 aliphatic carbocycles. The Morgan fingerprint density at radius 2 is 2.32 bits per heavy atom. The SMILES string of the molecule is COc1ccc(Br)c(NC(=O)N[C@]2(C)CCOC2)c1. The monoisotopic (exact) mass is 328 g/mol. The molecule has 1 aromatic carbocycles. The van der Waals surface area contributed by atoms with E-state index in [1.54, 1.807) is 13.2 Å². The van der Waals surface area contributed by atoms with E-state index in [-0.39, 0.29) is 11.6 Å². The maximum absolute atomic E-state index is 12.0. The molecule has 0 radical (unpaired) electrons. The number of hydrogen-bond donors (Lipinski definition) is 2. The minimum Gasteiger partial charge on any atom is -0.497 e. The van der Waals surface area contributed by atoms with Gasteiger partial charge in [-0.3, -0.25) is 0 Å². The van der Waals surface area contributed by atoms with Gasteiger partial charge in [-0.2, -0.15) is 0 Å². The summed E-state index contributed by atoms with van der Waals surface area (Å²) in [5.41, 5.74) is 0.370. The van der Waals surface area contributed by atoms with Crippen molar-refractivity contribution in [2.45, 2.75) is 18.9 Å². The Morgan fingerprint density at radius 1 is 1.53 bits per heavy atom. The van der Waals surface area contributed by atoms with Crippen molar-refractivity contribution in [2.24, 2.45) is 0 Å². The number of amides is 2. The zero-order valence-corrected chi connectivity index (χ0v) is 12.5. The maximum atomic E-state index is 12.0. The molecule has 2 rings (SSSR count). The van der Waals surface area contributed by atoms with Gasteiger partial charge in [0.25, 0.3) is 0 Å². The molecule has 1 saturated heterocycles. The highest BCUT2D eigenvalue weighted by molar-refractivity contribution is 9.10. The van der Waals surface area contributed by atoms with Gasteiger partial charge in [-0.15, -0.1) is 0 Å². The summed E-state index contributed by atoms with van der Waals surface area (Å²) < 4.78 is 11.2. The van der Waals surface area contributed by atoms with Gasteiger partial charge in [0.2, 0.25) is 0 Å². The third-order valence-corrected chi connectivity index (χ3v) is 3.75. The third-order valence-electron chi connectivity index (χ3n) is 3.06. The van der Waals surface area contributed by atoms with Gasteiger partial charge < -0.3 is 20.1 Å². The number of carbonyl (C=O) groups excluding carboxylic acids is 1. The smallest absolute Gasteiger partial charge is 0.319 e. The Bertz CT molecular complexity index is 473. The summed E-state index contributed by atoms with van der Waals surface area (Å²) in [5, 5.41) is 5.74. The highest BCUT2D eigenvalue weighted by Gasteiger charge is 2.31. The first-order valence-corrected chi connectivity index (χ1v) is 6.82. The molecular formula is C13H17BrN2O3. The highest BCUT2D eigenvalue weighted by atomic mass is 79.9. The van der Waals surface area contributed by atoms with E-state index < -0.39 is 0 Å². The van der Waals surface area contributed by atoms with Crippen LogP contribution in [0.2, 0.25) is 0 Å². The number of anilines is 1. The summed E-state index contributed by atoms with van der Waals surface area (Å²) in [5.74, 6) is 0.689. The molecule has 104 valence electrons. The van der Waals surface area contributed by atoms with Crippen LogP contribution in [0.5, 0.6) is 5.75 Å². The summed E-state index contributed by atoms with van der Waals surface area (Å²) in [7, 11) is 1.59. The van der Waals surface area contributed by atoms with E-state index in [0.717, 1.165) is 10.9 Å². The van der Waals surface area contributed by atoms with E-state index in [9.17, 15) is 4.79 Å². The van der Waals surface area contributed by atoms with Crippen LogP contribution in [-0.4, -0.2) is 31.9 Å². The summed E-state index contributed by atoms with van der Waals surface area (Å²) in [6, 6.07) is 5.16. The minimum absolute atomic E-state index is 0.248. The van der Waals surface area contributed by atoms with Crippen LogP contribution in [0.1, 0.15) is 13.3 Å². The molecule has 1 heterocycles. The number of hydrogen-bond acceptors (Lipinski definition) is 3. The lowest BCUT2D eigenvalue weighted by Gasteiger charge is -2.23. The van der Waals surface area contributed by atoms with E-state index in [0.29, 0.717) is 24.7 Å². The van der Waals surface area contributed by atoms with E-state index in [1.165, 1.54) is 0 Å². The van der Waals surface area contributed by atoms with Crippen LogP contribution in [0.4, 0.5) is 10.5 Å². The first-order valence-electron chi connectivity index (χ1n) is 6.03. The number of ether oxygens (including phenoxy) is 2. The standard InChI is InChI=1S/C13H17BrN2O3/c1-13(5-6-19-8-13)16-12(17)15-11-7-9(18-2)3-4-10(11)14/h3-4,7H,5-6,8H2,1-2H3,(H2,15,16,17)/t13-/m1/s1. The maximum Gasteiger partial charge on any atom is 0.319 e. The second-order valence-electron chi connectivity index (χ2n) is 4.79. The lowest BCUT2D eigenvalue weighted by atomic mass is 10.0. The molecule has 0 saturated carbocycles. The van der Waals surface area contributed by atoms with Crippen molar-refractivity contribution in [3.63, 3.8) is 0 Å². The van der Waals surface area contributed by atoms with Crippen LogP contribution in [0.15, 0.2) is 22.7 Å². The Hall–Kier alpha value is -1.27. The van der Waals surface area contributed by atoms with Gasteiger partial charge in [0.05, 0.1) is 24.9 Å². The number of halogens is 1. The van der Waals surface area contributed by atoms with Crippen molar-refractivity contribution in [2.75, 3.05) is 25.6 Å². The molecular weight excluding hydrogens is 312 g/mol. The first kappa shape index (κ1) is 14.1. The van der Waals surface area contributed by atoms with Gasteiger partial charge in [-0.1, -0.05) is 0 Å². The number of benzene rings is 1. The van der Waals surface area contributed by atoms with Crippen molar-refractivity contribution in [3.8, 4) is 5.75 Å². The molecule has 0 unspecified atom stereocenters. The van der Waals surface area contributed by atoms with Gasteiger partial charge >= 0.3 is 6.03 Å². The topological polar surface area (TPSA) is 59.6 Å². The molecule has 5 nitrogen and oxygen atoms in total. The number of urea groups is 1. The van der Waals surface area contributed by atoms with E-state index >= 15 is 0 Å². The average Bonchev–Trinajstić information content (AvgIpc) is 2.78. The molecule has 1 atom stereocenters. The Kier molecular flexibility index (Phi) is 4.31. The second-order valence-corrected chi connectivity index (χ2v) is 5.64. The fourth-order valence-electron chi connectivity index (χ4n) is 1.92. The Morgan fingerprint density at radius 3 is 2.95 bits per heavy atom. The predicted molar refractivity (Wildman–Crippen MR) is 76.7 cm³/mol. The van der Waals surface area contributed by atoms with Crippen LogP contribution < -0.4 is 15.4 Å². The zero-order valence-electron chi connectivity index (χ0n) is 11.0. The molecule has 1 aliphatic heterocycles. The number of methoxy groups -OCH3 is 1. The van der Waals surface area contributed by atoms with Crippen molar-refractivity contribution in [3.05, 3.63) is 22.7 Å². The lowest BCUT2D eigenvalue weighted by Crippen LogP contribution is -2.48. The van der Waals surface area contributed by atoms with Crippen LogP contribution in [0.25, 0.3) is 0 Å². The molecule has 19 heavy (non-hydrogen) atoms. The molecule has 2 amide bonds. The number of carbonyl (C=O) groups is 1. The normalized spacial score (nSPS) is 22.1. The van der Waals surface area contributed by atoms with Crippen LogP contribution in [-0.2, 0) is 4.74 Å². The van der Waals surface area contributed by atoms with Crippen LogP contribution in [0, 0.1) is 0 Å². The van der Waals surface area contributed by atoms with Crippen molar-refractivity contribution in [1.29, 1.82) is 0 Å². The summed E-state index contributed by atoms with van der Waals surface area (Å²) in [4.78, 5) is 12.0. The van der Waals surface area contributed by atoms with Crippen molar-refractivity contribution < 1.29 is 14.3 Å². The molecule has 1 fully saturated rings. The van der Waals surface area contributed by atoms with Gasteiger partial charge in [-0.25, -0.2) is 4.79 Å². The van der Waals surface area contributed by atoms with Crippen LogP contribution >= 0.6 is 15.9 Å². The summed E-state index contributed by atoms with van der Waals surface area (Å²) >= 11 is 3.39. The predicted octanol–water partition coefficient (Wildman–Crippen LogP) is 2.76. The minimum atomic E-state index is -0.296. The number of nitrogens with one attached hydrogen (secondary N) is 2. The lowest BCUT2D eigenvalue weighted by molar-refractivity contribution is 0.172. The fourth-order valence-corrected chi connectivity index (χ4v) is 2.27. The van der Waals surface area contributed by atoms with Gasteiger partial charge in [0.1, 0.15) is 5.75 Å². The van der Waals surface area contributed by atoms with Crippen molar-refractivity contribution >= 4 is 27.6 Å². The van der Waals surface area contributed by atoms with E-state index in [2.05, 4.69) is 26.6 Å². The molecule has 0 spiro atoms. The van der Waals surface area contributed by atoms with Gasteiger partial charge in [-0.05, 0) is 41.4 Å². The average molecular weight is 329 g/mol. The second kappa shape index (κ2) is 5.79. The van der Waals surface area contributed by atoms with E-state index in [1.807, 2.05) is 19.1 Å². The largest absolute Gasteiger partial charge is 0.497 e. The first-order chi connectivity index (χ1) is 9.02.